The lowest BCUT2D eigenvalue weighted by Crippen LogP contribution is -2.21. The summed E-state index contributed by atoms with van der Waals surface area (Å²) in [6, 6.07) is 19.0. The molecule has 0 radical (unpaired) electrons. The molecule has 3 aromatic carbocycles. The van der Waals surface area contributed by atoms with E-state index in [2.05, 4.69) is 30.4 Å². The molecule has 0 unspecified atom stereocenters. The van der Waals surface area contributed by atoms with E-state index in [4.69, 9.17) is 34.0 Å². The van der Waals surface area contributed by atoms with E-state index in [1.165, 1.54) is 56.0 Å². The summed E-state index contributed by atoms with van der Waals surface area (Å²) in [5, 5.41) is 16.2. The summed E-state index contributed by atoms with van der Waals surface area (Å²) in [6.45, 7) is 16.0. The van der Waals surface area contributed by atoms with Crippen molar-refractivity contribution < 1.29 is 53.3 Å². The molecular formula is C35H54ClNO12S3. The van der Waals surface area contributed by atoms with Gasteiger partial charge in [-0.15, -0.1) is 0 Å². The summed E-state index contributed by atoms with van der Waals surface area (Å²) in [4.78, 5) is 2.66. The molecule has 0 aromatic heterocycles. The molecule has 0 bridgehead atoms. The van der Waals surface area contributed by atoms with Crippen molar-refractivity contribution in [3.05, 3.63) is 89.5 Å². The third-order valence-electron chi connectivity index (χ3n) is 6.67. The predicted molar refractivity (Wildman–Crippen MR) is 202 cm³/mol. The molecule has 3 aromatic rings. The molecule has 0 amide bonds. The van der Waals surface area contributed by atoms with E-state index in [0.717, 1.165) is 16.7 Å². The van der Waals surface area contributed by atoms with Crippen LogP contribution in [0.25, 0.3) is 0 Å². The Morgan fingerprint density at radius 3 is 1.04 bits per heavy atom. The molecular weight excluding hydrogens is 758 g/mol. The van der Waals surface area contributed by atoms with Crippen LogP contribution in [0.2, 0.25) is 0 Å². The highest BCUT2D eigenvalue weighted by Crippen LogP contribution is 2.15. The number of rotatable bonds is 18. The van der Waals surface area contributed by atoms with Gasteiger partial charge in [-0.25, -0.2) is 8.42 Å². The second-order valence-electron chi connectivity index (χ2n) is 10.7. The van der Waals surface area contributed by atoms with Gasteiger partial charge in [0.15, 0.2) is 0 Å². The Balaban J connectivity index is 0.000000844. The molecule has 0 saturated carbocycles. The van der Waals surface area contributed by atoms with Crippen molar-refractivity contribution in [3.63, 3.8) is 0 Å². The van der Waals surface area contributed by atoms with Crippen LogP contribution >= 0.6 is 10.7 Å². The lowest BCUT2D eigenvalue weighted by atomic mass is 10.2. The number of benzene rings is 3. The van der Waals surface area contributed by atoms with Gasteiger partial charge in [-0.3, -0.25) is 8.37 Å². The fraction of sp³-hybridized carbons (Fsp3) is 0.486. The smallest absolute Gasteiger partial charge is 0.297 e. The maximum atomic E-state index is 12.0. The van der Waals surface area contributed by atoms with Crippen LogP contribution in [0.5, 0.6) is 0 Å². The number of hydrogen-bond donors (Lipinski definition) is 2. The van der Waals surface area contributed by atoms with Crippen LogP contribution < -0.4 is 0 Å². The van der Waals surface area contributed by atoms with Crippen LogP contribution in [0.4, 0.5) is 0 Å². The third-order valence-corrected chi connectivity index (χ3v) is 10.7. The summed E-state index contributed by atoms with van der Waals surface area (Å²) in [6.07, 6.45) is 0. The zero-order chi connectivity index (χ0) is 39.6. The van der Waals surface area contributed by atoms with Gasteiger partial charge in [-0.1, -0.05) is 73.9 Å². The van der Waals surface area contributed by atoms with E-state index in [1.807, 2.05) is 20.8 Å². The minimum atomic E-state index is -3.84. The van der Waals surface area contributed by atoms with Gasteiger partial charge in [0.05, 0.1) is 67.5 Å². The molecule has 0 atom stereocenters. The normalized spacial score (nSPS) is 11.4. The molecule has 0 fully saturated rings. The van der Waals surface area contributed by atoms with Crippen molar-refractivity contribution in [2.24, 2.45) is 0 Å². The van der Waals surface area contributed by atoms with Crippen molar-refractivity contribution in [1.29, 1.82) is 0 Å². The predicted octanol–water partition coefficient (Wildman–Crippen LogP) is 4.69. The fourth-order valence-corrected chi connectivity index (χ4v) is 6.21. The van der Waals surface area contributed by atoms with E-state index in [1.54, 1.807) is 36.4 Å². The Kier molecular flexibility index (Phi) is 25.9. The monoisotopic (exact) mass is 811 g/mol. The Bertz CT molecular complexity index is 1590. The van der Waals surface area contributed by atoms with Gasteiger partial charge in [0.25, 0.3) is 29.3 Å². The van der Waals surface area contributed by atoms with E-state index < -0.39 is 29.3 Å². The molecule has 13 nitrogen and oxygen atoms in total. The van der Waals surface area contributed by atoms with Crippen LogP contribution in [0.3, 0.4) is 0 Å². The standard InChI is InChI=1S/C18H22O7S2.C7H7ClO2S.C6H15N.C4H10O3/c1-15-3-7-17(8-4-15)26(19,20)24-13-11-23-12-14-25-27(21,22)18-9-5-16(2)6-10-18;1-6-2-4-7(5-3-6)11(8,9)10;1-4-7(5-2)6-3;5-1-3-7-4-2-6/h3-10H,11-14H2,1-2H3;2-5H,1H3;4-6H2,1-3H3;5-6H,1-4H2. The molecule has 0 heterocycles. The Labute approximate surface area is 315 Å². The quantitative estimate of drug-likeness (QED) is 0.103. The first-order valence-corrected chi connectivity index (χ1v) is 21.6. The number of ether oxygens (including phenoxy) is 2. The van der Waals surface area contributed by atoms with Gasteiger partial charge in [-0.05, 0) is 76.8 Å². The minimum absolute atomic E-state index is 0.0149. The number of halogens is 1. The third kappa shape index (κ3) is 22.6. The van der Waals surface area contributed by atoms with Crippen molar-refractivity contribution in [1.82, 2.24) is 4.90 Å². The molecule has 17 heteroatoms. The van der Waals surface area contributed by atoms with Gasteiger partial charge in [-0.2, -0.15) is 16.8 Å². The zero-order valence-corrected chi connectivity index (χ0v) is 33.9. The van der Waals surface area contributed by atoms with Crippen LogP contribution in [0.1, 0.15) is 37.5 Å². The maximum Gasteiger partial charge on any atom is 0.297 e. The van der Waals surface area contributed by atoms with Gasteiger partial charge >= 0.3 is 0 Å². The van der Waals surface area contributed by atoms with E-state index in [9.17, 15) is 25.3 Å². The molecule has 0 aliphatic rings. The molecule has 0 saturated heterocycles. The average Bonchev–Trinajstić information content (AvgIpc) is 3.10. The Morgan fingerprint density at radius 2 is 0.788 bits per heavy atom. The molecule has 0 spiro atoms. The van der Waals surface area contributed by atoms with Crippen LogP contribution in [-0.2, 0) is 47.1 Å². The van der Waals surface area contributed by atoms with Crippen LogP contribution in [0, 0.1) is 20.8 Å². The average molecular weight is 812 g/mol. The largest absolute Gasteiger partial charge is 0.394 e. The highest BCUT2D eigenvalue weighted by Gasteiger charge is 2.16. The molecule has 2 N–H and O–H groups in total. The lowest BCUT2D eigenvalue weighted by Gasteiger charge is -2.13. The van der Waals surface area contributed by atoms with Crippen LogP contribution in [-0.4, -0.2) is 113 Å². The molecule has 296 valence electrons. The molecule has 52 heavy (non-hydrogen) atoms. The van der Waals surface area contributed by atoms with Gasteiger partial charge in [0.2, 0.25) is 0 Å². The molecule has 3 rings (SSSR count). The second-order valence-corrected chi connectivity index (χ2v) is 16.5. The second kappa shape index (κ2) is 27.2. The van der Waals surface area contributed by atoms with Crippen molar-refractivity contribution in [2.45, 2.75) is 56.2 Å². The Hall–Kier alpha value is -2.48. The molecule has 0 aliphatic carbocycles. The maximum absolute atomic E-state index is 12.0. The van der Waals surface area contributed by atoms with Gasteiger partial charge in [0, 0.05) is 10.7 Å². The SMILES string of the molecule is CCN(CC)CC.Cc1ccc(S(=O)(=O)Cl)cc1.Cc1ccc(S(=O)(=O)OCCOCCOS(=O)(=O)c2ccc(C)cc2)cc1.OCCOCCO. The fourth-order valence-electron chi connectivity index (χ4n) is 3.66. The lowest BCUT2D eigenvalue weighted by molar-refractivity contribution is 0.0650. The summed E-state index contributed by atoms with van der Waals surface area (Å²) in [5.41, 5.74) is 2.89. The van der Waals surface area contributed by atoms with Crippen molar-refractivity contribution in [2.75, 3.05) is 72.5 Å². The van der Waals surface area contributed by atoms with Crippen LogP contribution in [0.15, 0.2) is 87.5 Å². The summed E-state index contributed by atoms with van der Waals surface area (Å²) in [5.74, 6) is 0. The zero-order valence-electron chi connectivity index (χ0n) is 30.7. The highest BCUT2D eigenvalue weighted by molar-refractivity contribution is 8.13. The summed E-state index contributed by atoms with van der Waals surface area (Å²) in [7, 11) is -6.14. The first-order valence-electron chi connectivity index (χ1n) is 16.5. The summed E-state index contributed by atoms with van der Waals surface area (Å²) >= 11 is 0. The van der Waals surface area contributed by atoms with E-state index in [0.29, 0.717) is 13.2 Å². The van der Waals surface area contributed by atoms with E-state index in [-0.39, 0.29) is 54.3 Å². The first-order chi connectivity index (χ1) is 24.5. The van der Waals surface area contributed by atoms with Gasteiger partial charge < -0.3 is 24.6 Å². The number of aliphatic hydroxyl groups is 2. The Morgan fingerprint density at radius 1 is 0.500 bits per heavy atom. The van der Waals surface area contributed by atoms with E-state index >= 15 is 0 Å². The highest BCUT2D eigenvalue weighted by atomic mass is 35.7. The number of aliphatic hydroxyl groups excluding tert-OH is 2. The van der Waals surface area contributed by atoms with Crippen molar-refractivity contribution in [3.8, 4) is 0 Å². The summed E-state index contributed by atoms with van der Waals surface area (Å²) < 4.78 is 88.8. The minimum Gasteiger partial charge on any atom is -0.394 e. The van der Waals surface area contributed by atoms with Gasteiger partial charge in [0.1, 0.15) is 0 Å². The first kappa shape index (κ1) is 49.5. The molecule has 0 aliphatic heterocycles. The number of hydrogen-bond acceptors (Lipinski definition) is 13. The topological polar surface area (TPSA) is 183 Å². The number of nitrogens with zero attached hydrogens (tertiary/aromatic N) is 1. The van der Waals surface area contributed by atoms with Crippen molar-refractivity contribution >= 4 is 40.0 Å². The number of aryl methyl sites for hydroxylation is 3.